The lowest BCUT2D eigenvalue weighted by molar-refractivity contribution is 0.429. The van der Waals surface area contributed by atoms with Gasteiger partial charge in [-0.1, -0.05) is 6.07 Å². The minimum absolute atomic E-state index is 0.439. The van der Waals surface area contributed by atoms with Crippen LogP contribution < -0.4 is 10.6 Å². The Bertz CT molecular complexity index is 536. The molecule has 2 N–H and O–H groups in total. The van der Waals surface area contributed by atoms with E-state index in [9.17, 15) is 0 Å². The number of pyridine rings is 1. The molecule has 3 heterocycles. The van der Waals surface area contributed by atoms with Crippen molar-refractivity contribution >= 4 is 11.6 Å². The molecule has 1 fully saturated rings. The predicted molar refractivity (Wildman–Crippen MR) is 69.9 cm³/mol. The number of hydrogen-bond acceptors (Lipinski definition) is 5. The molecule has 0 aromatic carbocycles. The molecule has 0 aliphatic carbocycles. The van der Waals surface area contributed by atoms with Crippen molar-refractivity contribution in [2.24, 2.45) is 0 Å². The molecule has 18 heavy (non-hydrogen) atoms. The van der Waals surface area contributed by atoms with Crippen LogP contribution in [-0.4, -0.2) is 28.0 Å². The Morgan fingerprint density at radius 1 is 1.22 bits per heavy atom. The van der Waals surface area contributed by atoms with Gasteiger partial charge in [-0.25, -0.2) is 15.0 Å². The van der Waals surface area contributed by atoms with Crippen molar-refractivity contribution in [2.45, 2.75) is 12.8 Å². The Hall–Kier alpha value is -2.01. The third kappa shape index (κ3) is 2.31. The van der Waals surface area contributed by atoms with Crippen LogP contribution in [-0.2, 0) is 0 Å². The molecule has 0 saturated carbocycles. The molecular formula is C13H15N5. The van der Waals surface area contributed by atoms with E-state index < -0.39 is 0 Å². The van der Waals surface area contributed by atoms with Gasteiger partial charge < -0.3 is 10.6 Å². The maximum absolute atomic E-state index is 4.55. The molecule has 2 aromatic rings. The summed E-state index contributed by atoms with van der Waals surface area (Å²) in [5, 5.41) is 6.44. The Morgan fingerprint density at radius 3 is 2.78 bits per heavy atom. The summed E-state index contributed by atoms with van der Waals surface area (Å²) < 4.78 is 0. The topological polar surface area (TPSA) is 62.7 Å². The van der Waals surface area contributed by atoms with Crippen molar-refractivity contribution in [1.29, 1.82) is 0 Å². The van der Waals surface area contributed by atoms with Crippen LogP contribution in [0.15, 0.2) is 30.5 Å². The number of nitrogens with one attached hydrogen (secondary N) is 2. The van der Waals surface area contributed by atoms with E-state index in [1.165, 1.54) is 0 Å². The average molecular weight is 241 g/mol. The van der Waals surface area contributed by atoms with Crippen LogP contribution in [0.1, 0.15) is 17.4 Å². The Morgan fingerprint density at radius 2 is 2.11 bits per heavy atom. The number of anilines is 2. The van der Waals surface area contributed by atoms with E-state index in [2.05, 4.69) is 25.6 Å². The highest BCUT2D eigenvalue weighted by atomic mass is 15.1. The fourth-order valence-electron chi connectivity index (χ4n) is 1.88. The molecule has 0 amide bonds. The van der Waals surface area contributed by atoms with Crippen LogP contribution in [0.2, 0.25) is 0 Å². The molecule has 0 spiro atoms. The van der Waals surface area contributed by atoms with Crippen LogP contribution in [0.3, 0.4) is 0 Å². The van der Waals surface area contributed by atoms with Crippen LogP contribution in [0, 0.1) is 6.92 Å². The molecule has 0 unspecified atom stereocenters. The lowest BCUT2D eigenvalue weighted by Crippen LogP contribution is -2.41. The van der Waals surface area contributed by atoms with E-state index in [1.54, 1.807) is 6.20 Å². The third-order valence-corrected chi connectivity index (χ3v) is 2.94. The number of aryl methyl sites for hydroxylation is 1. The van der Waals surface area contributed by atoms with Gasteiger partial charge >= 0.3 is 0 Å². The summed E-state index contributed by atoms with van der Waals surface area (Å²) in [5.41, 5.74) is 0.977. The summed E-state index contributed by atoms with van der Waals surface area (Å²) in [6.45, 7) is 3.92. The smallest absolute Gasteiger partial charge is 0.136 e. The van der Waals surface area contributed by atoms with E-state index in [-0.39, 0.29) is 0 Å². The molecule has 92 valence electrons. The standard InChI is InChI=1S/C13H15N5/c1-9-6-12(17-11-4-2-3-5-15-11)18-13(16-9)10-7-14-8-10/h2-6,10,14H,7-8H2,1H3,(H,15,16,17,18). The summed E-state index contributed by atoms with van der Waals surface area (Å²) in [6, 6.07) is 7.69. The van der Waals surface area contributed by atoms with Crippen molar-refractivity contribution in [2.75, 3.05) is 18.4 Å². The molecule has 5 heteroatoms. The Labute approximate surface area is 106 Å². The highest BCUT2D eigenvalue weighted by Crippen LogP contribution is 2.19. The fourth-order valence-corrected chi connectivity index (χ4v) is 1.88. The summed E-state index contributed by atoms with van der Waals surface area (Å²) in [7, 11) is 0. The number of aromatic nitrogens is 3. The summed E-state index contributed by atoms with van der Waals surface area (Å²) in [5.74, 6) is 2.96. The molecule has 5 nitrogen and oxygen atoms in total. The first-order chi connectivity index (χ1) is 8.81. The molecule has 1 aliphatic rings. The van der Waals surface area contributed by atoms with Crippen LogP contribution in [0.5, 0.6) is 0 Å². The summed E-state index contributed by atoms with van der Waals surface area (Å²) in [6.07, 6.45) is 1.76. The minimum Gasteiger partial charge on any atom is -0.325 e. The largest absolute Gasteiger partial charge is 0.325 e. The fraction of sp³-hybridized carbons (Fsp3) is 0.308. The van der Waals surface area contributed by atoms with Gasteiger partial charge in [-0.2, -0.15) is 0 Å². The quantitative estimate of drug-likeness (QED) is 0.854. The Balaban J connectivity index is 1.85. The van der Waals surface area contributed by atoms with E-state index in [0.29, 0.717) is 5.92 Å². The summed E-state index contributed by atoms with van der Waals surface area (Å²) >= 11 is 0. The van der Waals surface area contributed by atoms with Crippen LogP contribution >= 0.6 is 0 Å². The van der Waals surface area contributed by atoms with Gasteiger partial charge in [-0.05, 0) is 19.1 Å². The zero-order valence-electron chi connectivity index (χ0n) is 10.2. The van der Waals surface area contributed by atoms with Gasteiger partial charge in [0.05, 0.1) is 0 Å². The number of hydrogen-bond donors (Lipinski definition) is 2. The molecule has 1 saturated heterocycles. The maximum atomic E-state index is 4.55. The normalized spacial score (nSPS) is 15.2. The van der Waals surface area contributed by atoms with E-state index in [1.807, 2.05) is 31.2 Å². The third-order valence-electron chi connectivity index (χ3n) is 2.94. The van der Waals surface area contributed by atoms with Gasteiger partial charge in [0.25, 0.3) is 0 Å². The van der Waals surface area contributed by atoms with Crippen LogP contribution in [0.4, 0.5) is 11.6 Å². The molecular weight excluding hydrogens is 226 g/mol. The lowest BCUT2D eigenvalue weighted by atomic mass is 10.0. The first-order valence-corrected chi connectivity index (χ1v) is 6.05. The van der Waals surface area contributed by atoms with E-state index in [4.69, 9.17) is 0 Å². The Kier molecular flexibility index (Phi) is 2.90. The monoisotopic (exact) mass is 241 g/mol. The second-order valence-electron chi connectivity index (χ2n) is 4.45. The van der Waals surface area contributed by atoms with E-state index >= 15 is 0 Å². The van der Waals surface area contributed by atoms with Crippen molar-refractivity contribution in [1.82, 2.24) is 20.3 Å². The molecule has 1 aliphatic heterocycles. The van der Waals surface area contributed by atoms with Gasteiger partial charge in [0.15, 0.2) is 0 Å². The van der Waals surface area contributed by atoms with Crippen molar-refractivity contribution in [3.05, 3.63) is 42.0 Å². The van der Waals surface area contributed by atoms with Gasteiger partial charge in [-0.15, -0.1) is 0 Å². The first kappa shape index (κ1) is 11.1. The first-order valence-electron chi connectivity index (χ1n) is 6.05. The number of nitrogens with zero attached hydrogens (tertiary/aromatic N) is 3. The highest BCUT2D eigenvalue weighted by Gasteiger charge is 2.22. The van der Waals surface area contributed by atoms with Crippen LogP contribution in [0.25, 0.3) is 0 Å². The molecule has 2 aromatic heterocycles. The van der Waals surface area contributed by atoms with Gasteiger partial charge in [-0.3, -0.25) is 0 Å². The minimum atomic E-state index is 0.439. The molecule has 3 rings (SSSR count). The van der Waals surface area contributed by atoms with E-state index in [0.717, 1.165) is 36.2 Å². The summed E-state index contributed by atoms with van der Waals surface area (Å²) in [4.78, 5) is 13.3. The van der Waals surface area contributed by atoms with Gasteiger partial charge in [0.2, 0.25) is 0 Å². The van der Waals surface area contributed by atoms with Crippen molar-refractivity contribution in [3.63, 3.8) is 0 Å². The zero-order chi connectivity index (χ0) is 12.4. The van der Waals surface area contributed by atoms with Crippen molar-refractivity contribution in [3.8, 4) is 0 Å². The second-order valence-corrected chi connectivity index (χ2v) is 4.45. The highest BCUT2D eigenvalue weighted by molar-refractivity contribution is 5.51. The molecule has 0 atom stereocenters. The second kappa shape index (κ2) is 4.70. The van der Waals surface area contributed by atoms with Crippen molar-refractivity contribution < 1.29 is 0 Å². The SMILES string of the molecule is Cc1cc(Nc2ccccn2)nc(C2CNC2)n1. The molecule has 0 bridgehead atoms. The maximum Gasteiger partial charge on any atom is 0.136 e. The van der Waals surface area contributed by atoms with Gasteiger partial charge in [0.1, 0.15) is 17.5 Å². The van der Waals surface area contributed by atoms with Gasteiger partial charge in [0, 0.05) is 37.0 Å². The molecule has 0 radical (unpaired) electrons. The zero-order valence-corrected chi connectivity index (χ0v) is 10.2. The predicted octanol–water partition coefficient (Wildman–Crippen LogP) is 1.61. The number of rotatable bonds is 3. The lowest BCUT2D eigenvalue weighted by Gasteiger charge is -2.26. The average Bonchev–Trinajstić information content (AvgIpc) is 2.27.